The lowest BCUT2D eigenvalue weighted by molar-refractivity contribution is 0.170. The Morgan fingerprint density at radius 1 is 1.56 bits per heavy atom. The van der Waals surface area contributed by atoms with Gasteiger partial charge in [0.25, 0.3) is 0 Å². The number of nitrogens with two attached hydrogens (primary N) is 1. The topological polar surface area (TPSA) is 71.2 Å². The molecule has 4 N–H and O–H groups in total. The summed E-state index contributed by atoms with van der Waals surface area (Å²) >= 11 is 3.45. The Morgan fingerprint density at radius 2 is 2.19 bits per heavy atom. The highest BCUT2D eigenvalue weighted by molar-refractivity contribution is 9.10. The monoisotopic (exact) mass is 287 g/mol. The van der Waals surface area contributed by atoms with Gasteiger partial charge in [0.1, 0.15) is 5.82 Å². The second kappa shape index (κ2) is 5.01. The first kappa shape index (κ1) is 13.3. The molecule has 0 radical (unpaired) electrons. The molecule has 0 spiro atoms. The lowest BCUT2D eigenvalue weighted by Crippen LogP contribution is -2.27. The first-order chi connectivity index (χ1) is 7.37. The van der Waals surface area contributed by atoms with E-state index in [4.69, 9.17) is 10.8 Å². The number of nitrogens with one attached hydrogen (secondary N) is 1. The predicted molar refractivity (Wildman–Crippen MR) is 70.4 cm³/mol. The maximum absolute atomic E-state index is 9.15. The molecule has 4 nitrogen and oxygen atoms in total. The Labute approximate surface area is 104 Å². The van der Waals surface area contributed by atoms with Gasteiger partial charge in [-0.2, -0.15) is 0 Å². The van der Waals surface area contributed by atoms with Gasteiger partial charge in [-0.15, -0.1) is 0 Å². The van der Waals surface area contributed by atoms with Gasteiger partial charge < -0.3 is 16.2 Å². The summed E-state index contributed by atoms with van der Waals surface area (Å²) in [7, 11) is 0. The Balaban J connectivity index is 2.80. The van der Waals surface area contributed by atoms with Crippen molar-refractivity contribution in [3.63, 3.8) is 0 Å². The highest BCUT2D eigenvalue weighted by atomic mass is 79.9. The number of hydrogen-bond acceptors (Lipinski definition) is 4. The molecule has 1 rings (SSSR count). The zero-order chi connectivity index (χ0) is 12.3. The second-order valence-electron chi connectivity index (χ2n) is 4.68. The molecule has 1 aromatic rings. The summed E-state index contributed by atoms with van der Waals surface area (Å²) in [6.45, 7) is 6.68. The molecule has 0 fully saturated rings. The molecule has 1 heterocycles. The van der Waals surface area contributed by atoms with Gasteiger partial charge in [-0.05, 0) is 28.4 Å². The number of pyridine rings is 1. The van der Waals surface area contributed by atoms with E-state index in [0.29, 0.717) is 12.2 Å². The maximum Gasteiger partial charge on any atom is 0.140 e. The lowest BCUT2D eigenvalue weighted by atomic mass is 9.95. The number of rotatable bonds is 4. The van der Waals surface area contributed by atoms with Crippen LogP contribution in [0.2, 0.25) is 0 Å². The van der Waals surface area contributed by atoms with Crippen LogP contribution in [-0.2, 0) is 0 Å². The van der Waals surface area contributed by atoms with Crippen LogP contribution < -0.4 is 11.1 Å². The minimum absolute atomic E-state index is 0.131. The maximum atomic E-state index is 9.15. The SMILES string of the molecule is Cc1c(N)cnc(NCC(C)(C)CO)c1Br. The van der Waals surface area contributed by atoms with Crippen LogP contribution in [0.1, 0.15) is 19.4 Å². The summed E-state index contributed by atoms with van der Waals surface area (Å²) in [6.07, 6.45) is 1.63. The lowest BCUT2D eigenvalue weighted by Gasteiger charge is -2.22. The third-order valence-corrected chi connectivity index (χ3v) is 3.44. The molecule has 0 amide bonds. The summed E-state index contributed by atoms with van der Waals surface area (Å²) < 4.78 is 0.876. The standard InChI is InChI=1S/C11H18BrN3O/c1-7-8(13)4-14-10(9(7)12)15-5-11(2,3)6-16/h4,16H,5-6,13H2,1-3H3,(H,14,15). The van der Waals surface area contributed by atoms with Gasteiger partial charge in [0.05, 0.1) is 16.4 Å². The van der Waals surface area contributed by atoms with Crippen LogP contribution in [0.4, 0.5) is 11.5 Å². The van der Waals surface area contributed by atoms with Crippen molar-refractivity contribution in [3.8, 4) is 0 Å². The molecule has 0 atom stereocenters. The van der Waals surface area contributed by atoms with Gasteiger partial charge in [-0.25, -0.2) is 4.98 Å². The summed E-state index contributed by atoms with van der Waals surface area (Å²) in [5.41, 5.74) is 7.20. The van der Waals surface area contributed by atoms with Gasteiger partial charge in [-0.3, -0.25) is 0 Å². The van der Waals surface area contributed by atoms with Crippen LogP contribution in [-0.4, -0.2) is 23.2 Å². The van der Waals surface area contributed by atoms with Crippen molar-refractivity contribution in [1.29, 1.82) is 0 Å². The summed E-state index contributed by atoms with van der Waals surface area (Å²) in [4.78, 5) is 4.21. The first-order valence-corrected chi connectivity index (χ1v) is 5.92. The molecular formula is C11H18BrN3O. The number of aromatic nitrogens is 1. The highest BCUT2D eigenvalue weighted by Gasteiger charge is 2.17. The van der Waals surface area contributed by atoms with Gasteiger partial charge >= 0.3 is 0 Å². The fourth-order valence-corrected chi connectivity index (χ4v) is 1.57. The Bertz CT molecular complexity index is 380. The molecule has 16 heavy (non-hydrogen) atoms. The van der Waals surface area contributed by atoms with E-state index in [1.807, 2.05) is 20.8 Å². The van der Waals surface area contributed by atoms with Crippen LogP contribution >= 0.6 is 15.9 Å². The molecule has 0 saturated heterocycles. The van der Waals surface area contributed by atoms with Gasteiger partial charge in [-0.1, -0.05) is 13.8 Å². The van der Waals surface area contributed by atoms with E-state index in [0.717, 1.165) is 15.9 Å². The molecular weight excluding hydrogens is 270 g/mol. The average molecular weight is 288 g/mol. The van der Waals surface area contributed by atoms with Crippen LogP contribution in [0.25, 0.3) is 0 Å². The van der Waals surface area contributed by atoms with E-state index in [9.17, 15) is 0 Å². The van der Waals surface area contributed by atoms with Crippen molar-refractivity contribution < 1.29 is 5.11 Å². The normalized spacial score (nSPS) is 11.6. The molecule has 5 heteroatoms. The van der Waals surface area contributed by atoms with E-state index < -0.39 is 0 Å². The van der Waals surface area contributed by atoms with E-state index in [-0.39, 0.29) is 12.0 Å². The first-order valence-electron chi connectivity index (χ1n) is 5.13. The number of hydrogen-bond donors (Lipinski definition) is 3. The zero-order valence-electron chi connectivity index (χ0n) is 9.84. The fourth-order valence-electron chi connectivity index (χ4n) is 1.09. The van der Waals surface area contributed by atoms with Crippen molar-refractivity contribution >= 4 is 27.4 Å². The molecule has 90 valence electrons. The summed E-state index contributed by atoms with van der Waals surface area (Å²) in [5.74, 6) is 0.758. The molecule has 0 bridgehead atoms. The number of aliphatic hydroxyl groups is 1. The third kappa shape index (κ3) is 3.09. The number of halogens is 1. The van der Waals surface area contributed by atoms with Gasteiger partial charge in [0.2, 0.25) is 0 Å². The van der Waals surface area contributed by atoms with Crippen molar-refractivity contribution in [2.45, 2.75) is 20.8 Å². The molecule has 0 saturated carbocycles. The van der Waals surface area contributed by atoms with Gasteiger partial charge in [0.15, 0.2) is 0 Å². The van der Waals surface area contributed by atoms with Crippen LogP contribution in [0.5, 0.6) is 0 Å². The smallest absolute Gasteiger partial charge is 0.140 e. The quantitative estimate of drug-likeness (QED) is 0.794. The number of aliphatic hydroxyl groups excluding tert-OH is 1. The molecule has 1 aromatic heterocycles. The minimum Gasteiger partial charge on any atom is -0.397 e. The third-order valence-electron chi connectivity index (χ3n) is 2.47. The minimum atomic E-state index is -0.170. The summed E-state index contributed by atoms with van der Waals surface area (Å²) in [6, 6.07) is 0. The number of nitrogens with zero attached hydrogens (tertiary/aromatic N) is 1. The molecule has 0 aromatic carbocycles. The van der Waals surface area contributed by atoms with Crippen LogP contribution in [0.3, 0.4) is 0 Å². The number of nitrogen functional groups attached to an aromatic ring is 1. The fraction of sp³-hybridized carbons (Fsp3) is 0.545. The zero-order valence-corrected chi connectivity index (χ0v) is 11.4. The molecule has 0 aliphatic rings. The Hall–Kier alpha value is -0.810. The van der Waals surface area contributed by atoms with E-state index in [1.54, 1.807) is 6.20 Å². The highest BCUT2D eigenvalue weighted by Crippen LogP contribution is 2.28. The molecule has 0 unspecified atom stereocenters. The summed E-state index contributed by atoms with van der Waals surface area (Å²) in [5, 5.41) is 12.3. The Morgan fingerprint density at radius 3 is 2.75 bits per heavy atom. The van der Waals surface area contributed by atoms with E-state index >= 15 is 0 Å². The molecule has 0 aliphatic carbocycles. The average Bonchev–Trinajstić information content (AvgIpc) is 2.25. The van der Waals surface area contributed by atoms with Crippen LogP contribution in [0, 0.1) is 12.3 Å². The van der Waals surface area contributed by atoms with Crippen molar-refractivity contribution in [2.75, 3.05) is 24.2 Å². The largest absolute Gasteiger partial charge is 0.397 e. The Kier molecular flexibility index (Phi) is 4.15. The van der Waals surface area contributed by atoms with Crippen molar-refractivity contribution in [2.24, 2.45) is 5.41 Å². The van der Waals surface area contributed by atoms with E-state index in [2.05, 4.69) is 26.2 Å². The van der Waals surface area contributed by atoms with Crippen molar-refractivity contribution in [1.82, 2.24) is 4.98 Å². The van der Waals surface area contributed by atoms with Crippen molar-refractivity contribution in [3.05, 3.63) is 16.2 Å². The van der Waals surface area contributed by atoms with Crippen LogP contribution in [0.15, 0.2) is 10.7 Å². The van der Waals surface area contributed by atoms with E-state index in [1.165, 1.54) is 0 Å². The molecule has 0 aliphatic heterocycles. The van der Waals surface area contributed by atoms with Gasteiger partial charge in [0, 0.05) is 18.6 Å². The predicted octanol–water partition coefficient (Wildman–Crippen LogP) is 2.17. The second-order valence-corrected chi connectivity index (χ2v) is 5.47. The number of anilines is 2.